The molecular formula is C22H27BN8O4. The van der Waals surface area contributed by atoms with E-state index < -0.39 is 4.92 Å². The first-order valence-electron chi connectivity index (χ1n) is 11.5. The zero-order valence-corrected chi connectivity index (χ0v) is 19.6. The number of rotatable bonds is 9. The third-order valence-corrected chi connectivity index (χ3v) is 5.73. The van der Waals surface area contributed by atoms with Crippen molar-refractivity contribution < 1.29 is 14.5 Å². The van der Waals surface area contributed by atoms with Crippen molar-refractivity contribution in [3.63, 3.8) is 0 Å². The number of aromatic nitrogens is 4. The number of hydrogen-bond donors (Lipinski definition) is 3. The van der Waals surface area contributed by atoms with Crippen LogP contribution in [0.15, 0.2) is 42.9 Å². The van der Waals surface area contributed by atoms with Crippen LogP contribution >= 0.6 is 0 Å². The molecule has 2 aromatic heterocycles. The van der Waals surface area contributed by atoms with Crippen molar-refractivity contribution in [3.8, 4) is 5.75 Å². The number of hydrogen-bond acceptors (Lipinski definition) is 9. The van der Waals surface area contributed by atoms with E-state index in [1.165, 1.54) is 14.0 Å². The Morgan fingerprint density at radius 3 is 2.57 bits per heavy atom. The fourth-order valence-corrected chi connectivity index (χ4v) is 4.10. The van der Waals surface area contributed by atoms with Gasteiger partial charge < -0.3 is 20.7 Å². The van der Waals surface area contributed by atoms with E-state index in [1.807, 2.05) is 17.8 Å². The quantitative estimate of drug-likeness (QED) is 0.239. The summed E-state index contributed by atoms with van der Waals surface area (Å²) in [5.74, 6) is 0.981. The lowest BCUT2D eigenvalue weighted by molar-refractivity contribution is -0.384. The van der Waals surface area contributed by atoms with Crippen LogP contribution in [0.3, 0.4) is 0 Å². The number of carbonyl (C=O) groups excluding carboxylic acids is 1. The largest absolute Gasteiger partial charge is 0.494 e. The summed E-state index contributed by atoms with van der Waals surface area (Å²) in [7, 11) is 1.54. The molecule has 0 bridgehead atoms. The monoisotopic (exact) mass is 478 g/mol. The molecule has 1 fully saturated rings. The second-order valence-electron chi connectivity index (χ2n) is 8.31. The standard InChI is InChI=1S/C22H27BN8O4/c1-2-35-18-9-5-14(6-10-18)26-20-19(31(33)34)12-24-22(29-20)28-16-11-25-30(13-16)17-7-3-15(4-8-17)27-21(23)32/h5-6,9-13,15,17H,2-4,7-8,23H2,1H3,(H,27,32)(H2,24,26,28,29). The lowest BCUT2D eigenvalue weighted by atomic mass is 9.90. The molecule has 0 atom stereocenters. The van der Waals surface area contributed by atoms with E-state index in [0.29, 0.717) is 23.7 Å². The summed E-state index contributed by atoms with van der Waals surface area (Å²) in [6, 6.07) is 7.52. The highest BCUT2D eigenvalue weighted by Crippen LogP contribution is 2.30. The van der Waals surface area contributed by atoms with Gasteiger partial charge in [-0.2, -0.15) is 10.1 Å². The number of benzene rings is 1. The zero-order chi connectivity index (χ0) is 24.8. The van der Waals surface area contributed by atoms with Gasteiger partial charge in [0.1, 0.15) is 11.9 Å². The van der Waals surface area contributed by atoms with Gasteiger partial charge in [0.05, 0.1) is 29.5 Å². The first-order valence-corrected chi connectivity index (χ1v) is 11.5. The maximum absolute atomic E-state index is 11.5. The number of carbonyl (C=O) groups is 1. The smallest absolute Gasteiger partial charge is 0.329 e. The van der Waals surface area contributed by atoms with Gasteiger partial charge in [-0.05, 0) is 56.9 Å². The van der Waals surface area contributed by atoms with Crippen LogP contribution < -0.4 is 20.7 Å². The summed E-state index contributed by atoms with van der Waals surface area (Å²) < 4.78 is 7.33. The molecule has 35 heavy (non-hydrogen) atoms. The van der Waals surface area contributed by atoms with Crippen LogP contribution in [0.2, 0.25) is 0 Å². The Kier molecular flexibility index (Phi) is 7.43. The molecule has 1 aliphatic carbocycles. The van der Waals surface area contributed by atoms with Crippen molar-refractivity contribution >= 4 is 42.5 Å². The topological polar surface area (TPSA) is 149 Å². The third-order valence-electron chi connectivity index (χ3n) is 5.73. The van der Waals surface area contributed by atoms with Crippen LogP contribution in [0.25, 0.3) is 0 Å². The average Bonchev–Trinajstić information content (AvgIpc) is 3.29. The number of amides is 1. The number of nitro groups is 1. The fraction of sp³-hybridized carbons (Fsp3) is 0.364. The summed E-state index contributed by atoms with van der Waals surface area (Å²) >= 11 is 0. The van der Waals surface area contributed by atoms with Crippen molar-refractivity contribution in [2.24, 2.45) is 0 Å². The summed E-state index contributed by atoms with van der Waals surface area (Å²) in [5, 5.41) is 25.0. The van der Waals surface area contributed by atoms with Gasteiger partial charge in [-0.25, -0.2) is 4.98 Å². The number of anilines is 4. The summed E-state index contributed by atoms with van der Waals surface area (Å²) in [4.78, 5) is 30.6. The van der Waals surface area contributed by atoms with Gasteiger partial charge in [-0.15, -0.1) is 0 Å². The van der Waals surface area contributed by atoms with Crippen molar-refractivity contribution in [1.82, 2.24) is 25.1 Å². The highest BCUT2D eigenvalue weighted by molar-refractivity contribution is 6.57. The molecule has 13 heteroatoms. The minimum Gasteiger partial charge on any atom is -0.494 e. The van der Waals surface area contributed by atoms with E-state index in [4.69, 9.17) is 4.74 Å². The molecule has 12 nitrogen and oxygen atoms in total. The van der Waals surface area contributed by atoms with E-state index in [9.17, 15) is 14.9 Å². The Balaban J connectivity index is 1.44. The second-order valence-corrected chi connectivity index (χ2v) is 8.31. The SMILES string of the molecule is BC(=O)NC1CCC(n2cc(Nc3ncc([N+](=O)[O-])c(Nc4ccc(OCC)cc4)n3)cn2)CC1. The Labute approximate surface area is 203 Å². The molecule has 3 aromatic rings. The molecule has 2 heterocycles. The van der Waals surface area contributed by atoms with Crippen LogP contribution in [0.5, 0.6) is 5.75 Å². The van der Waals surface area contributed by atoms with Crippen molar-refractivity contribution in [2.75, 3.05) is 17.2 Å². The lowest BCUT2D eigenvalue weighted by Gasteiger charge is -2.29. The van der Waals surface area contributed by atoms with Gasteiger partial charge in [0.2, 0.25) is 19.6 Å². The van der Waals surface area contributed by atoms with Crippen LogP contribution in [0, 0.1) is 10.1 Å². The predicted octanol–water partition coefficient (Wildman–Crippen LogP) is 3.29. The molecule has 1 saturated carbocycles. The second kappa shape index (κ2) is 10.8. The molecule has 1 aliphatic rings. The molecule has 1 aromatic carbocycles. The molecule has 0 unspecified atom stereocenters. The van der Waals surface area contributed by atoms with Gasteiger partial charge in [-0.3, -0.25) is 19.6 Å². The molecular weight excluding hydrogens is 451 g/mol. The van der Waals surface area contributed by atoms with Crippen molar-refractivity contribution in [2.45, 2.75) is 44.7 Å². The Morgan fingerprint density at radius 2 is 1.91 bits per heavy atom. The van der Waals surface area contributed by atoms with Gasteiger partial charge in [-0.1, -0.05) is 0 Å². The Bertz CT molecular complexity index is 1180. The molecule has 0 spiro atoms. The Hall–Kier alpha value is -4.16. The fourth-order valence-electron chi connectivity index (χ4n) is 4.10. The molecule has 0 aliphatic heterocycles. The molecule has 1 amide bonds. The van der Waals surface area contributed by atoms with Gasteiger partial charge in [0, 0.05) is 17.9 Å². The van der Waals surface area contributed by atoms with Crippen LogP contribution in [0.1, 0.15) is 38.6 Å². The van der Waals surface area contributed by atoms with Crippen LogP contribution in [0.4, 0.5) is 33.6 Å². The first kappa shape index (κ1) is 24.0. The zero-order valence-electron chi connectivity index (χ0n) is 19.6. The summed E-state index contributed by atoms with van der Waals surface area (Å²) in [5.41, 5.74) is 1.06. The van der Waals surface area contributed by atoms with Crippen LogP contribution in [-0.2, 0) is 0 Å². The molecule has 4 rings (SSSR count). The maximum Gasteiger partial charge on any atom is 0.329 e. The average molecular weight is 478 g/mol. The van der Waals surface area contributed by atoms with Gasteiger partial charge in [0.25, 0.3) is 0 Å². The summed E-state index contributed by atoms with van der Waals surface area (Å²) in [6.07, 6.45) is 8.34. The summed E-state index contributed by atoms with van der Waals surface area (Å²) in [6.45, 7) is 2.45. The molecule has 182 valence electrons. The van der Waals surface area contributed by atoms with Crippen molar-refractivity contribution in [1.29, 1.82) is 0 Å². The van der Waals surface area contributed by atoms with E-state index in [-0.39, 0.29) is 35.3 Å². The van der Waals surface area contributed by atoms with E-state index in [2.05, 4.69) is 31.0 Å². The van der Waals surface area contributed by atoms with Crippen molar-refractivity contribution in [3.05, 3.63) is 53.0 Å². The minimum absolute atomic E-state index is 0.00138. The molecule has 3 N–H and O–H groups in total. The number of ether oxygens (including phenoxy) is 1. The van der Waals surface area contributed by atoms with E-state index in [0.717, 1.165) is 25.7 Å². The Morgan fingerprint density at radius 1 is 1.17 bits per heavy atom. The van der Waals surface area contributed by atoms with Gasteiger partial charge in [0.15, 0.2) is 5.81 Å². The highest BCUT2D eigenvalue weighted by Gasteiger charge is 2.23. The number of nitrogens with zero attached hydrogens (tertiary/aromatic N) is 5. The number of nitrogens with one attached hydrogen (secondary N) is 3. The van der Waals surface area contributed by atoms with Crippen LogP contribution in [-0.4, -0.2) is 51.0 Å². The third kappa shape index (κ3) is 6.25. The predicted molar refractivity (Wildman–Crippen MR) is 133 cm³/mol. The molecule has 0 saturated heterocycles. The van der Waals surface area contributed by atoms with E-state index >= 15 is 0 Å². The van der Waals surface area contributed by atoms with E-state index in [1.54, 1.807) is 30.5 Å². The maximum atomic E-state index is 11.5. The normalized spacial score (nSPS) is 17.4. The molecule has 0 radical (unpaired) electrons. The lowest BCUT2D eigenvalue weighted by Crippen LogP contribution is -2.37. The first-order chi connectivity index (χ1) is 16.9. The highest BCUT2D eigenvalue weighted by atomic mass is 16.6. The van der Waals surface area contributed by atoms with Gasteiger partial charge >= 0.3 is 5.69 Å². The minimum atomic E-state index is -0.532.